The SMILES string of the molecule is COC(=O)c1ccccc1-n1c(C)cc(/C=N\N2C(=O)[C@@H]3[C@H]4C=C[C@@H]([C@@H]5C[C@@H]45)[C@H]3C2=O)c1C. The van der Waals surface area contributed by atoms with Gasteiger partial charge >= 0.3 is 5.97 Å². The molecular formula is C26H25N3O4. The minimum Gasteiger partial charge on any atom is -0.465 e. The molecule has 2 saturated carbocycles. The lowest BCUT2D eigenvalue weighted by molar-refractivity contribution is -0.140. The Bertz CT molecular complexity index is 1240. The van der Waals surface area contributed by atoms with Crippen LogP contribution in [0.3, 0.4) is 0 Å². The van der Waals surface area contributed by atoms with E-state index in [0.29, 0.717) is 23.1 Å². The molecule has 1 saturated heterocycles. The van der Waals surface area contributed by atoms with Crippen LogP contribution >= 0.6 is 0 Å². The summed E-state index contributed by atoms with van der Waals surface area (Å²) >= 11 is 0. The number of aromatic nitrogens is 1. The summed E-state index contributed by atoms with van der Waals surface area (Å²) in [6.07, 6.45) is 7.04. The zero-order valence-corrected chi connectivity index (χ0v) is 18.8. The average Bonchev–Trinajstić information content (AvgIpc) is 3.55. The molecule has 0 spiro atoms. The van der Waals surface area contributed by atoms with Crippen LogP contribution in [0.5, 0.6) is 0 Å². The van der Waals surface area contributed by atoms with Crippen molar-refractivity contribution in [2.75, 3.05) is 7.11 Å². The first-order valence-corrected chi connectivity index (χ1v) is 11.4. The Kier molecular flexibility index (Phi) is 4.28. The highest BCUT2D eigenvalue weighted by Crippen LogP contribution is 2.65. The van der Waals surface area contributed by atoms with Gasteiger partial charge in [0.15, 0.2) is 0 Å². The van der Waals surface area contributed by atoms with E-state index in [2.05, 4.69) is 17.3 Å². The second kappa shape index (κ2) is 7.01. The van der Waals surface area contributed by atoms with E-state index in [9.17, 15) is 14.4 Å². The maximum atomic E-state index is 13.2. The fraction of sp³-hybridized carbons (Fsp3) is 0.385. The molecule has 0 unspecified atom stereocenters. The van der Waals surface area contributed by atoms with Crippen molar-refractivity contribution in [2.45, 2.75) is 20.3 Å². The highest BCUT2D eigenvalue weighted by Gasteiger charge is 2.67. The Morgan fingerprint density at radius 2 is 1.70 bits per heavy atom. The number of allylic oxidation sites excluding steroid dienone is 2. The van der Waals surface area contributed by atoms with E-state index in [1.54, 1.807) is 18.3 Å². The molecule has 3 fully saturated rings. The highest BCUT2D eigenvalue weighted by atomic mass is 16.5. The minimum atomic E-state index is -0.412. The summed E-state index contributed by atoms with van der Waals surface area (Å²) in [6, 6.07) is 9.18. The molecule has 1 aliphatic heterocycles. The summed E-state index contributed by atoms with van der Waals surface area (Å²) in [6.45, 7) is 3.86. The third-order valence-electron chi connectivity index (χ3n) is 7.97. The van der Waals surface area contributed by atoms with Crippen LogP contribution in [0.4, 0.5) is 0 Å². The summed E-state index contributed by atoms with van der Waals surface area (Å²) < 4.78 is 6.89. The van der Waals surface area contributed by atoms with Gasteiger partial charge in [0.25, 0.3) is 11.8 Å². The second-order valence-corrected chi connectivity index (χ2v) is 9.56. The van der Waals surface area contributed by atoms with E-state index < -0.39 is 5.97 Å². The number of imide groups is 1. The summed E-state index contributed by atoms with van der Waals surface area (Å²) in [4.78, 5) is 38.6. The molecule has 5 aliphatic rings. The van der Waals surface area contributed by atoms with E-state index in [1.807, 2.05) is 36.6 Å². The van der Waals surface area contributed by atoms with Crippen LogP contribution in [0.2, 0.25) is 0 Å². The van der Waals surface area contributed by atoms with Gasteiger partial charge in [0, 0.05) is 17.0 Å². The average molecular weight is 444 g/mol. The lowest BCUT2D eigenvalue weighted by Crippen LogP contribution is -2.40. The van der Waals surface area contributed by atoms with Gasteiger partial charge in [-0.05, 0) is 62.1 Å². The molecule has 7 nitrogen and oxygen atoms in total. The fourth-order valence-electron chi connectivity index (χ4n) is 6.42. The topological polar surface area (TPSA) is 81.0 Å². The first-order chi connectivity index (χ1) is 15.9. The maximum absolute atomic E-state index is 13.2. The molecule has 2 aromatic rings. The van der Waals surface area contributed by atoms with Crippen molar-refractivity contribution in [1.29, 1.82) is 0 Å². The molecule has 0 N–H and O–H groups in total. The summed E-state index contributed by atoms with van der Waals surface area (Å²) in [5.41, 5.74) is 3.71. The van der Waals surface area contributed by atoms with Crippen LogP contribution in [0.15, 0.2) is 47.6 Å². The number of amides is 2. The number of methoxy groups -OCH3 is 1. The molecular weight excluding hydrogens is 418 g/mol. The number of rotatable bonds is 4. The Hall–Kier alpha value is -3.48. The Balaban J connectivity index is 1.32. The Morgan fingerprint density at radius 3 is 2.33 bits per heavy atom. The van der Waals surface area contributed by atoms with Crippen molar-refractivity contribution in [3.05, 3.63) is 65.0 Å². The van der Waals surface area contributed by atoms with Gasteiger partial charge in [-0.25, -0.2) is 4.79 Å². The van der Waals surface area contributed by atoms with Crippen molar-refractivity contribution in [2.24, 2.45) is 40.6 Å². The predicted octanol–water partition coefficient (Wildman–Crippen LogP) is 3.27. The van der Waals surface area contributed by atoms with E-state index in [4.69, 9.17) is 4.74 Å². The number of carbonyl (C=O) groups is 3. The van der Waals surface area contributed by atoms with Crippen LogP contribution in [0.25, 0.3) is 5.69 Å². The number of carbonyl (C=O) groups excluding carboxylic acids is 3. The van der Waals surface area contributed by atoms with E-state index >= 15 is 0 Å². The van der Waals surface area contributed by atoms with Crippen LogP contribution in [-0.4, -0.2) is 40.7 Å². The number of hydrogen-bond acceptors (Lipinski definition) is 5. The van der Waals surface area contributed by atoms with Crippen molar-refractivity contribution in [1.82, 2.24) is 9.58 Å². The third kappa shape index (κ3) is 2.74. The van der Waals surface area contributed by atoms with Gasteiger partial charge < -0.3 is 9.30 Å². The molecule has 33 heavy (non-hydrogen) atoms. The lowest BCUT2D eigenvalue weighted by atomic mass is 9.63. The standard InChI is InChI=1S/C26H25N3O4/c1-13-10-15(14(2)28(13)21-7-5-4-6-18(21)26(32)33-3)12-27-29-24(30)22-16-8-9-17(20-11-19(16)20)23(22)25(29)31/h4-10,12,16-17,19-20,22-23H,11H2,1-3H3/b27-12-/t16-,17-,19-,20-,22+,23+/m0/s1. The molecule has 0 radical (unpaired) electrons. The molecule has 7 heteroatoms. The zero-order chi connectivity index (χ0) is 23.0. The number of benzene rings is 1. The van der Waals surface area contributed by atoms with Crippen molar-refractivity contribution >= 4 is 24.0 Å². The second-order valence-electron chi connectivity index (χ2n) is 9.56. The van der Waals surface area contributed by atoms with Gasteiger partial charge in [-0.2, -0.15) is 10.1 Å². The van der Waals surface area contributed by atoms with Gasteiger partial charge in [0.05, 0.1) is 36.4 Å². The number of nitrogens with zero attached hydrogens (tertiary/aromatic N) is 3. The molecule has 6 atom stereocenters. The lowest BCUT2D eigenvalue weighted by Gasteiger charge is -2.37. The monoisotopic (exact) mass is 443 g/mol. The largest absolute Gasteiger partial charge is 0.465 e. The van der Waals surface area contributed by atoms with Gasteiger partial charge in [-0.15, -0.1) is 0 Å². The molecule has 1 aromatic carbocycles. The molecule has 2 heterocycles. The maximum Gasteiger partial charge on any atom is 0.339 e. The smallest absolute Gasteiger partial charge is 0.339 e. The number of para-hydroxylation sites is 1. The van der Waals surface area contributed by atoms with Gasteiger partial charge in [-0.1, -0.05) is 24.3 Å². The van der Waals surface area contributed by atoms with Gasteiger partial charge in [-0.3, -0.25) is 9.59 Å². The third-order valence-corrected chi connectivity index (χ3v) is 7.97. The summed E-state index contributed by atoms with van der Waals surface area (Å²) in [7, 11) is 1.36. The Morgan fingerprint density at radius 1 is 1.06 bits per heavy atom. The number of ether oxygens (including phenoxy) is 1. The van der Waals surface area contributed by atoms with Crippen LogP contribution in [-0.2, 0) is 14.3 Å². The quantitative estimate of drug-likeness (QED) is 0.314. The molecule has 2 amide bonds. The normalized spacial score (nSPS) is 31.3. The summed E-state index contributed by atoms with van der Waals surface area (Å²) in [5.74, 6) is 0.229. The molecule has 168 valence electrons. The van der Waals surface area contributed by atoms with Crippen molar-refractivity contribution < 1.29 is 19.1 Å². The fourth-order valence-corrected chi connectivity index (χ4v) is 6.42. The Labute approximate surface area is 191 Å². The number of aryl methyl sites for hydroxylation is 1. The number of esters is 1. The van der Waals surface area contributed by atoms with Crippen LogP contribution < -0.4 is 0 Å². The number of hydrogen-bond donors (Lipinski definition) is 0. The first kappa shape index (κ1) is 20.1. The zero-order valence-electron chi connectivity index (χ0n) is 18.8. The van der Waals surface area contributed by atoms with Crippen LogP contribution in [0.1, 0.15) is 33.7 Å². The number of hydrazone groups is 1. The van der Waals surface area contributed by atoms with E-state index in [0.717, 1.165) is 28.4 Å². The minimum absolute atomic E-state index is 0.171. The van der Waals surface area contributed by atoms with Crippen molar-refractivity contribution in [3.63, 3.8) is 0 Å². The van der Waals surface area contributed by atoms with E-state index in [-0.39, 0.29) is 35.5 Å². The van der Waals surface area contributed by atoms with Gasteiger partial charge in [0.1, 0.15) is 0 Å². The molecule has 7 rings (SSSR count). The highest BCUT2D eigenvalue weighted by molar-refractivity contribution is 6.06. The first-order valence-electron chi connectivity index (χ1n) is 11.4. The van der Waals surface area contributed by atoms with Gasteiger partial charge in [0.2, 0.25) is 0 Å². The van der Waals surface area contributed by atoms with Crippen molar-refractivity contribution in [3.8, 4) is 5.69 Å². The molecule has 2 bridgehead atoms. The predicted molar refractivity (Wildman–Crippen MR) is 121 cm³/mol. The molecule has 4 aliphatic carbocycles. The van der Waals surface area contributed by atoms with E-state index in [1.165, 1.54) is 7.11 Å². The summed E-state index contributed by atoms with van der Waals surface area (Å²) in [5, 5.41) is 5.47. The molecule has 1 aromatic heterocycles. The van der Waals surface area contributed by atoms with Crippen LogP contribution in [0, 0.1) is 49.4 Å².